The lowest BCUT2D eigenvalue weighted by atomic mass is 10.1. The first-order valence-electron chi connectivity index (χ1n) is 8.14. The van der Waals surface area contributed by atoms with Gasteiger partial charge in [-0.3, -0.25) is 4.79 Å². The molecular weight excluding hydrogens is 304 g/mol. The molecule has 6 nitrogen and oxygen atoms in total. The van der Waals surface area contributed by atoms with Gasteiger partial charge in [-0.15, -0.1) is 5.10 Å². The summed E-state index contributed by atoms with van der Waals surface area (Å²) in [6.07, 6.45) is 1.66. The van der Waals surface area contributed by atoms with Gasteiger partial charge in [-0.25, -0.2) is 0 Å². The predicted octanol–water partition coefficient (Wildman–Crippen LogP) is 1.82. The topological polar surface area (TPSA) is 58.6 Å². The maximum Gasteiger partial charge on any atom is 0.260 e. The molecule has 0 N–H and O–H groups in total. The van der Waals surface area contributed by atoms with Crippen LogP contribution in [0.3, 0.4) is 0 Å². The molecule has 0 aliphatic carbocycles. The zero-order valence-electron chi connectivity index (χ0n) is 14.1. The number of hydrogen-bond donors (Lipinski definition) is 0. The average molecular weight is 326 g/mol. The van der Waals surface area contributed by atoms with Gasteiger partial charge >= 0.3 is 0 Å². The van der Waals surface area contributed by atoms with Gasteiger partial charge in [0.1, 0.15) is 5.75 Å². The highest BCUT2D eigenvalue weighted by molar-refractivity contribution is 5.78. The Balaban J connectivity index is 1.49. The smallest absolute Gasteiger partial charge is 0.260 e. The van der Waals surface area contributed by atoms with Crippen LogP contribution in [0.1, 0.15) is 11.1 Å². The van der Waals surface area contributed by atoms with Gasteiger partial charge in [0.2, 0.25) is 0 Å². The summed E-state index contributed by atoms with van der Waals surface area (Å²) < 4.78 is 5.64. The molecule has 6 heteroatoms. The van der Waals surface area contributed by atoms with Crippen molar-refractivity contribution in [3.63, 3.8) is 0 Å². The maximum absolute atomic E-state index is 12.3. The fourth-order valence-electron chi connectivity index (χ4n) is 2.69. The zero-order valence-corrected chi connectivity index (χ0v) is 14.1. The van der Waals surface area contributed by atoms with Crippen LogP contribution >= 0.6 is 0 Å². The average Bonchev–Trinajstić information content (AvgIpc) is 2.63. The van der Waals surface area contributed by atoms with Crippen LogP contribution in [-0.4, -0.2) is 53.8 Å². The molecule has 126 valence electrons. The van der Waals surface area contributed by atoms with E-state index >= 15 is 0 Å². The number of hydrogen-bond acceptors (Lipinski definition) is 5. The number of amides is 1. The van der Waals surface area contributed by atoms with Crippen molar-refractivity contribution >= 4 is 11.7 Å². The van der Waals surface area contributed by atoms with Crippen LogP contribution in [0.2, 0.25) is 0 Å². The predicted molar refractivity (Wildman–Crippen MR) is 92.2 cm³/mol. The molecule has 1 aromatic carbocycles. The summed E-state index contributed by atoms with van der Waals surface area (Å²) in [6.45, 7) is 7.03. The number of anilines is 1. The standard InChI is InChI=1S/C18H22N4O2/c1-14-5-6-16(12-15(14)2)24-13-18(23)22-10-8-21(9-11-22)17-4-3-7-19-20-17/h3-7,12H,8-11,13H2,1-2H3. The van der Waals surface area contributed by atoms with Crippen LogP contribution < -0.4 is 9.64 Å². The maximum atomic E-state index is 12.3. The van der Waals surface area contributed by atoms with Crippen molar-refractivity contribution in [1.29, 1.82) is 0 Å². The normalized spacial score (nSPS) is 14.6. The van der Waals surface area contributed by atoms with Crippen LogP contribution in [-0.2, 0) is 4.79 Å². The molecule has 3 rings (SSSR count). The lowest BCUT2D eigenvalue weighted by molar-refractivity contribution is -0.133. The van der Waals surface area contributed by atoms with E-state index in [0.717, 1.165) is 30.2 Å². The summed E-state index contributed by atoms with van der Waals surface area (Å²) >= 11 is 0. The third-order valence-corrected chi connectivity index (χ3v) is 4.36. The highest BCUT2D eigenvalue weighted by Crippen LogP contribution is 2.17. The van der Waals surface area contributed by atoms with Crippen LogP contribution in [0.5, 0.6) is 5.75 Å². The van der Waals surface area contributed by atoms with Crippen molar-refractivity contribution < 1.29 is 9.53 Å². The number of benzene rings is 1. The molecule has 0 spiro atoms. The van der Waals surface area contributed by atoms with E-state index in [1.54, 1.807) is 6.20 Å². The van der Waals surface area contributed by atoms with Gasteiger partial charge in [-0.05, 0) is 49.2 Å². The molecule has 2 heterocycles. The van der Waals surface area contributed by atoms with Crippen molar-refractivity contribution in [2.45, 2.75) is 13.8 Å². The first-order valence-corrected chi connectivity index (χ1v) is 8.14. The lowest BCUT2D eigenvalue weighted by Crippen LogP contribution is -2.50. The number of aryl methyl sites for hydroxylation is 2. The Labute approximate surface area is 142 Å². The van der Waals surface area contributed by atoms with Crippen molar-refractivity contribution in [1.82, 2.24) is 15.1 Å². The Hall–Kier alpha value is -2.63. The van der Waals surface area contributed by atoms with E-state index in [1.807, 2.05) is 42.2 Å². The molecule has 1 aliphatic heterocycles. The zero-order chi connectivity index (χ0) is 16.9. The molecule has 0 unspecified atom stereocenters. The molecule has 0 radical (unpaired) electrons. The molecule has 0 saturated carbocycles. The third kappa shape index (κ3) is 3.82. The molecule has 0 bridgehead atoms. The minimum Gasteiger partial charge on any atom is -0.484 e. The van der Waals surface area contributed by atoms with Gasteiger partial charge in [-0.1, -0.05) is 6.07 Å². The van der Waals surface area contributed by atoms with Gasteiger partial charge in [0.15, 0.2) is 12.4 Å². The Morgan fingerprint density at radius 2 is 1.92 bits per heavy atom. The minimum absolute atomic E-state index is 0.0204. The summed E-state index contributed by atoms with van der Waals surface area (Å²) in [5.74, 6) is 1.62. The van der Waals surface area contributed by atoms with E-state index in [1.165, 1.54) is 5.56 Å². The largest absolute Gasteiger partial charge is 0.484 e. The first-order chi connectivity index (χ1) is 11.6. The van der Waals surface area contributed by atoms with Crippen molar-refractivity contribution in [2.75, 3.05) is 37.7 Å². The summed E-state index contributed by atoms with van der Waals surface area (Å²) in [4.78, 5) is 16.3. The highest BCUT2D eigenvalue weighted by atomic mass is 16.5. The van der Waals surface area contributed by atoms with Crippen molar-refractivity contribution in [2.24, 2.45) is 0 Å². The molecule has 1 fully saturated rings. The third-order valence-electron chi connectivity index (χ3n) is 4.36. The number of carbonyl (C=O) groups excluding carboxylic acids is 1. The minimum atomic E-state index is 0.0204. The van der Waals surface area contributed by atoms with E-state index < -0.39 is 0 Å². The fraction of sp³-hybridized carbons (Fsp3) is 0.389. The number of aromatic nitrogens is 2. The molecule has 2 aromatic rings. The molecule has 24 heavy (non-hydrogen) atoms. The van der Waals surface area contributed by atoms with Gasteiger partial charge in [0, 0.05) is 32.4 Å². The van der Waals surface area contributed by atoms with Gasteiger partial charge in [0.05, 0.1) is 0 Å². The quantitative estimate of drug-likeness (QED) is 0.858. The molecule has 1 saturated heterocycles. The molecule has 1 amide bonds. The van der Waals surface area contributed by atoms with E-state index in [4.69, 9.17) is 4.74 Å². The molecule has 1 aliphatic rings. The Morgan fingerprint density at radius 1 is 1.12 bits per heavy atom. The monoisotopic (exact) mass is 326 g/mol. The lowest BCUT2D eigenvalue weighted by Gasteiger charge is -2.35. The summed E-state index contributed by atoms with van der Waals surface area (Å²) in [7, 11) is 0. The summed E-state index contributed by atoms with van der Waals surface area (Å²) in [5, 5.41) is 8.01. The summed E-state index contributed by atoms with van der Waals surface area (Å²) in [6, 6.07) is 9.69. The molecular formula is C18H22N4O2. The van der Waals surface area contributed by atoms with Crippen LogP contribution in [0.4, 0.5) is 5.82 Å². The van der Waals surface area contributed by atoms with E-state index in [-0.39, 0.29) is 12.5 Å². The highest BCUT2D eigenvalue weighted by Gasteiger charge is 2.22. The van der Waals surface area contributed by atoms with Gasteiger partial charge < -0.3 is 14.5 Å². The SMILES string of the molecule is Cc1ccc(OCC(=O)N2CCN(c3cccnn3)CC2)cc1C. The number of nitrogens with zero attached hydrogens (tertiary/aromatic N) is 4. The Bertz CT molecular complexity index is 697. The molecule has 0 atom stereocenters. The second kappa shape index (κ2) is 7.29. The number of carbonyl (C=O) groups is 1. The second-order valence-corrected chi connectivity index (χ2v) is 5.98. The molecule has 1 aromatic heterocycles. The van der Waals surface area contributed by atoms with Gasteiger partial charge in [0.25, 0.3) is 5.91 Å². The first kappa shape index (κ1) is 16.2. The van der Waals surface area contributed by atoms with Crippen LogP contribution in [0.25, 0.3) is 0 Å². The number of ether oxygens (including phenoxy) is 1. The van der Waals surface area contributed by atoms with E-state index in [2.05, 4.69) is 22.0 Å². The second-order valence-electron chi connectivity index (χ2n) is 5.98. The van der Waals surface area contributed by atoms with Crippen molar-refractivity contribution in [3.8, 4) is 5.75 Å². The van der Waals surface area contributed by atoms with Crippen LogP contribution in [0.15, 0.2) is 36.5 Å². The Morgan fingerprint density at radius 3 is 2.58 bits per heavy atom. The number of rotatable bonds is 4. The van der Waals surface area contributed by atoms with E-state index in [0.29, 0.717) is 13.1 Å². The fourth-order valence-corrected chi connectivity index (χ4v) is 2.69. The van der Waals surface area contributed by atoms with Crippen molar-refractivity contribution in [3.05, 3.63) is 47.7 Å². The van der Waals surface area contributed by atoms with E-state index in [9.17, 15) is 4.79 Å². The Kier molecular flexibility index (Phi) is 4.93. The summed E-state index contributed by atoms with van der Waals surface area (Å²) in [5.41, 5.74) is 2.38. The number of piperazine rings is 1. The van der Waals surface area contributed by atoms with Crippen LogP contribution in [0, 0.1) is 13.8 Å². The van der Waals surface area contributed by atoms with Gasteiger partial charge in [-0.2, -0.15) is 5.10 Å².